The molecule has 1 aliphatic heterocycles. The van der Waals surface area contributed by atoms with Crippen LogP contribution in [0, 0.1) is 11.7 Å². The minimum Gasteiger partial charge on any atom is -0.369 e. The summed E-state index contributed by atoms with van der Waals surface area (Å²) in [5.41, 5.74) is 9.40. The number of likely N-dealkylation sites (tertiary alicyclic amines) is 1. The van der Waals surface area contributed by atoms with Gasteiger partial charge < -0.3 is 11.1 Å². The van der Waals surface area contributed by atoms with Crippen LogP contribution < -0.4 is 11.1 Å². The summed E-state index contributed by atoms with van der Waals surface area (Å²) in [7, 11) is 0. The highest BCUT2D eigenvalue weighted by atomic mass is 32.1. The van der Waals surface area contributed by atoms with Crippen LogP contribution in [0.3, 0.4) is 0 Å². The predicted octanol–water partition coefficient (Wildman–Crippen LogP) is 3.43. The topological polar surface area (TPSA) is 88.3 Å². The van der Waals surface area contributed by atoms with E-state index in [4.69, 9.17) is 5.73 Å². The number of rotatable bonds is 9. The average Bonchev–Trinajstić information content (AvgIpc) is 3.26. The molecule has 1 saturated heterocycles. The van der Waals surface area contributed by atoms with Gasteiger partial charge in [-0.2, -0.15) is 0 Å². The van der Waals surface area contributed by atoms with Gasteiger partial charge in [0.05, 0.1) is 23.0 Å². The molecule has 1 aromatic heterocycles. The Bertz CT molecular complexity index is 1130. The molecule has 2 amide bonds. The minimum atomic E-state index is -0.256. The van der Waals surface area contributed by atoms with Gasteiger partial charge in [-0.1, -0.05) is 36.4 Å². The van der Waals surface area contributed by atoms with Crippen LogP contribution in [-0.2, 0) is 35.5 Å². The number of hydrogen-bond donors (Lipinski definition) is 2. The molecule has 178 valence electrons. The van der Waals surface area contributed by atoms with Crippen molar-refractivity contribution in [2.45, 2.75) is 38.8 Å². The highest BCUT2D eigenvalue weighted by Crippen LogP contribution is 2.19. The standard InChI is InChI=1S/C26H29FN4O2S/c27-22-8-6-18(7-9-22)12-25-30-23(17-34-25)13-24(32)29-14-19-3-1-4-20(11-19)15-31-10-2-5-21(16-31)26(28)33/h1,3-4,6-9,11,17,21H,2,5,10,12-16H2,(H2,28,33)(H,29,32). The molecule has 0 bridgehead atoms. The molecule has 2 heterocycles. The van der Waals surface area contributed by atoms with E-state index in [-0.39, 0.29) is 30.0 Å². The van der Waals surface area contributed by atoms with Crippen molar-refractivity contribution < 1.29 is 14.0 Å². The Morgan fingerprint density at radius 1 is 1.15 bits per heavy atom. The lowest BCUT2D eigenvalue weighted by molar-refractivity contribution is -0.123. The summed E-state index contributed by atoms with van der Waals surface area (Å²) in [5.74, 6) is -0.625. The predicted molar refractivity (Wildman–Crippen MR) is 131 cm³/mol. The maximum atomic E-state index is 13.1. The third-order valence-electron chi connectivity index (χ3n) is 6.00. The number of benzene rings is 2. The van der Waals surface area contributed by atoms with Crippen molar-refractivity contribution in [1.82, 2.24) is 15.2 Å². The van der Waals surface area contributed by atoms with Crippen LogP contribution in [0.15, 0.2) is 53.9 Å². The van der Waals surface area contributed by atoms with E-state index < -0.39 is 0 Å². The molecule has 34 heavy (non-hydrogen) atoms. The Kier molecular flexibility index (Phi) is 8.03. The number of halogens is 1. The first-order valence-electron chi connectivity index (χ1n) is 11.5. The molecule has 1 unspecified atom stereocenters. The van der Waals surface area contributed by atoms with Gasteiger partial charge in [0.25, 0.3) is 0 Å². The molecular formula is C26H29FN4O2S. The lowest BCUT2D eigenvalue weighted by Gasteiger charge is -2.31. The maximum Gasteiger partial charge on any atom is 0.226 e. The van der Waals surface area contributed by atoms with E-state index in [1.165, 1.54) is 23.5 Å². The Labute approximate surface area is 203 Å². The molecule has 2 aromatic carbocycles. The minimum absolute atomic E-state index is 0.0712. The lowest BCUT2D eigenvalue weighted by atomic mass is 9.97. The van der Waals surface area contributed by atoms with Crippen LogP contribution >= 0.6 is 11.3 Å². The van der Waals surface area contributed by atoms with Crippen molar-refractivity contribution in [2.75, 3.05) is 13.1 Å². The van der Waals surface area contributed by atoms with E-state index in [0.29, 0.717) is 19.5 Å². The number of amides is 2. The molecule has 0 spiro atoms. The van der Waals surface area contributed by atoms with Gasteiger partial charge in [-0.05, 0) is 48.2 Å². The van der Waals surface area contributed by atoms with Crippen LogP contribution in [0.25, 0.3) is 0 Å². The Morgan fingerprint density at radius 2 is 1.94 bits per heavy atom. The third kappa shape index (κ3) is 6.95. The van der Waals surface area contributed by atoms with Crippen molar-refractivity contribution in [3.05, 3.63) is 87.1 Å². The normalized spacial score (nSPS) is 16.3. The summed E-state index contributed by atoms with van der Waals surface area (Å²) in [6.07, 6.45) is 2.69. The zero-order chi connectivity index (χ0) is 23.9. The Morgan fingerprint density at radius 3 is 2.74 bits per heavy atom. The second-order valence-corrected chi connectivity index (χ2v) is 9.73. The first-order valence-corrected chi connectivity index (χ1v) is 12.4. The molecule has 8 heteroatoms. The van der Waals surface area contributed by atoms with Crippen molar-refractivity contribution in [3.8, 4) is 0 Å². The fourth-order valence-electron chi connectivity index (χ4n) is 4.24. The number of nitrogens with one attached hydrogen (secondary N) is 1. The Hall–Kier alpha value is -3.10. The second-order valence-electron chi connectivity index (χ2n) is 8.79. The first kappa shape index (κ1) is 24.0. The number of nitrogens with two attached hydrogens (primary N) is 1. The fraction of sp³-hybridized carbons (Fsp3) is 0.346. The molecule has 6 nitrogen and oxygen atoms in total. The fourth-order valence-corrected chi connectivity index (χ4v) is 5.07. The number of primary amides is 1. The largest absolute Gasteiger partial charge is 0.369 e. The summed E-state index contributed by atoms with van der Waals surface area (Å²) >= 11 is 1.51. The van der Waals surface area contributed by atoms with Gasteiger partial charge in [0.15, 0.2) is 0 Å². The first-order chi connectivity index (χ1) is 16.4. The number of nitrogens with zero attached hydrogens (tertiary/aromatic N) is 2. The van der Waals surface area contributed by atoms with E-state index in [1.54, 1.807) is 12.1 Å². The highest BCUT2D eigenvalue weighted by Gasteiger charge is 2.23. The van der Waals surface area contributed by atoms with Gasteiger partial charge in [0.1, 0.15) is 5.82 Å². The summed E-state index contributed by atoms with van der Waals surface area (Å²) < 4.78 is 13.1. The summed E-state index contributed by atoms with van der Waals surface area (Å²) in [6.45, 7) is 2.87. The summed E-state index contributed by atoms with van der Waals surface area (Å²) in [5, 5.41) is 5.78. The Balaban J connectivity index is 1.25. The molecule has 3 aromatic rings. The molecule has 0 radical (unpaired) electrons. The number of piperidine rings is 1. The van der Waals surface area contributed by atoms with E-state index >= 15 is 0 Å². The van der Waals surface area contributed by atoms with Crippen molar-refractivity contribution in [3.63, 3.8) is 0 Å². The highest BCUT2D eigenvalue weighted by molar-refractivity contribution is 7.09. The molecule has 1 fully saturated rings. The molecule has 3 N–H and O–H groups in total. The zero-order valence-corrected chi connectivity index (χ0v) is 19.8. The quantitative estimate of drug-likeness (QED) is 0.491. The van der Waals surface area contributed by atoms with Crippen LogP contribution in [0.1, 0.15) is 40.2 Å². The third-order valence-corrected chi connectivity index (χ3v) is 6.90. The number of thiazole rings is 1. The monoisotopic (exact) mass is 480 g/mol. The maximum absolute atomic E-state index is 13.1. The lowest BCUT2D eigenvalue weighted by Crippen LogP contribution is -2.40. The number of carbonyl (C=O) groups excluding carboxylic acids is 2. The van der Waals surface area contributed by atoms with Crippen LogP contribution in [0.5, 0.6) is 0 Å². The number of carbonyl (C=O) groups is 2. The van der Waals surface area contributed by atoms with E-state index in [9.17, 15) is 14.0 Å². The number of aromatic nitrogens is 1. The molecule has 1 atom stereocenters. The molecule has 4 rings (SSSR count). The molecular weight excluding hydrogens is 451 g/mol. The smallest absolute Gasteiger partial charge is 0.226 e. The van der Waals surface area contributed by atoms with Crippen LogP contribution in [0.4, 0.5) is 4.39 Å². The summed E-state index contributed by atoms with van der Waals surface area (Å²) in [4.78, 5) is 30.8. The van der Waals surface area contributed by atoms with Crippen molar-refractivity contribution >= 4 is 23.2 Å². The van der Waals surface area contributed by atoms with Crippen molar-refractivity contribution in [2.24, 2.45) is 11.7 Å². The van der Waals surface area contributed by atoms with Crippen molar-refractivity contribution in [1.29, 1.82) is 0 Å². The molecule has 1 aliphatic rings. The van der Waals surface area contributed by atoms with Gasteiger partial charge in [0.2, 0.25) is 11.8 Å². The van der Waals surface area contributed by atoms with E-state index in [0.717, 1.165) is 53.3 Å². The second kappa shape index (κ2) is 11.4. The van der Waals surface area contributed by atoms with E-state index in [1.807, 2.05) is 17.5 Å². The molecule has 0 aliphatic carbocycles. The molecule has 0 saturated carbocycles. The van der Waals surface area contributed by atoms with Gasteiger partial charge >= 0.3 is 0 Å². The van der Waals surface area contributed by atoms with Gasteiger partial charge in [-0.15, -0.1) is 11.3 Å². The van der Waals surface area contributed by atoms with Crippen LogP contribution in [0.2, 0.25) is 0 Å². The zero-order valence-electron chi connectivity index (χ0n) is 19.0. The van der Waals surface area contributed by atoms with Crippen LogP contribution in [-0.4, -0.2) is 34.8 Å². The summed E-state index contributed by atoms with van der Waals surface area (Å²) in [6, 6.07) is 14.5. The van der Waals surface area contributed by atoms with Gasteiger partial charge in [0, 0.05) is 31.4 Å². The van der Waals surface area contributed by atoms with Gasteiger partial charge in [-0.25, -0.2) is 9.37 Å². The van der Waals surface area contributed by atoms with Gasteiger partial charge in [-0.3, -0.25) is 14.5 Å². The number of hydrogen-bond acceptors (Lipinski definition) is 5. The van der Waals surface area contributed by atoms with E-state index in [2.05, 4.69) is 27.3 Å². The average molecular weight is 481 g/mol. The SMILES string of the molecule is NC(=O)C1CCCN(Cc2cccc(CNC(=O)Cc3csc(Cc4ccc(F)cc4)n3)c2)C1.